The molecule has 0 aromatic heterocycles. The van der Waals surface area contributed by atoms with Crippen LogP contribution in [-0.4, -0.2) is 35.6 Å². The van der Waals surface area contributed by atoms with Crippen molar-refractivity contribution in [3.8, 4) is 0 Å². The highest BCUT2D eigenvalue weighted by atomic mass is 79.9. The summed E-state index contributed by atoms with van der Waals surface area (Å²) in [5.74, 6) is -0.562. The number of halogens is 1. The molecular weight excluding hydrogens is 336 g/mol. The van der Waals surface area contributed by atoms with E-state index in [9.17, 15) is 14.7 Å². The minimum atomic E-state index is -0.482. The van der Waals surface area contributed by atoms with E-state index < -0.39 is 6.10 Å². The molecule has 2 rings (SSSR count). The number of carbonyl (C=O) groups is 2. The van der Waals surface area contributed by atoms with Crippen LogP contribution in [0.5, 0.6) is 0 Å². The van der Waals surface area contributed by atoms with Gasteiger partial charge in [-0.1, -0.05) is 28.8 Å². The number of carbonyl (C=O) groups excluding carboxylic acids is 2. The van der Waals surface area contributed by atoms with Crippen LogP contribution in [0.25, 0.3) is 0 Å². The molecule has 1 aliphatic carbocycles. The lowest BCUT2D eigenvalue weighted by atomic mass is 9.92. The zero-order chi connectivity index (χ0) is 15.2. The topological polar surface area (TPSA) is 78.4 Å². The second kappa shape index (κ2) is 7.56. The van der Waals surface area contributed by atoms with Gasteiger partial charge in [0.05, 0.1) is 18.7 Å². The summed E-state index contributed by atoms with van der Waals surface area (Å²) in [5.41, 5.74) is 0.503. The maximum absolute atomic E-state index is 11.9. The molecule has 0 heterocycles. The summed E-state index contributed by atoms with van der Waals surface area (Å²) in [4.78, 5) is 23.7. The predicted molar refractivity (Wildman–Crippen MR) is 82.9 cm³/mol. The fourth-order valence-electron chi connectivity index (χ4n) is 2.40. The van der Waals surface area contributed by atoms with Gasteiger partial charge in [0.25, 0.3) is 5.91 Å². The van der Waals surface area contributed by atoms with Gasteiger partial charge in [0.2, 0.25) is 5.91 Å². The summed E-state index contributed by atoms with van der Waals surface area (Å²) in [6.07, 6.45) is 3.02. The maximum Gasteiger partial charge on any atom is 0.251 e. The summed E-state index contributed by atoms with van der Waals surface area (Å²) in [5, 5.41) is 15.1. The molecular formula is C15H19BrN2O3. The highest BCUT2D eigenvalue weighted by Crippen LogP contribution is 2.18. The molecule has 0 bridgehead atoms. The molecule has 2 atom stereocenters. The minimum Gasteiger partial charge on any atom is -0.391 e. The number of hydrogen-bond acceptors (Lipinski definition) is 3. The van der Waals surface area contributed by atoms with Gasteiger partial charge in [-0.2, -0.15) is 0 Å². The summed E-state index contributed by atoms with van der Waals surface area (Å²) in [7, 11) is 0. The SMILES string of the molecule is O=C(CNC(=O)c1ccc(Br)cc1)NC1CCCCC1O. The predicted octanol–water partition coefficient (Wildman–Crippen LogP) is 1.60. The zero-order valence-electron chi connectivity index (χ0n) is 11.6. The van der Waals surface area contributed by atoms with E-state index in [1.807, 2.05) is 0 Å². The van der Waals surface area contributed by atoms with E-state index in [1.54, 1.807) is 24.3 Å². The molecule has 5 nitrogen and oxygen atoms in total. The highest BCUT2D eigenvalue weighted by molar-refractivity contribution is 9.10. The number of aliphatic hydroxyl groups excluding tert-OH is 1. The van der Waals surface area contributed by atoms with Gasteiger partial charge in [-0.05, 0) is 37.1 Å². The Morgan fingerprint density at radius 1 is 1.19 bits per heavy atom. The number of amides is 2. The average molecular weight is 355 g/mol. The number of hydrogen-bond donors (Lipinski definition) is 3. The molecule has 1 aliphatic rings. The standard InChI is InChI=1S/C15H19BrN2O3/c16-11-7-5-10(6-8-11)15(21)17-9-14(20)18-12-3-1-2-4-13(12)19/h5-8,12-13,19H,1-4,9H2,(H,17,21)(H,18,20). The second-order valence-corrected chi connectivity index (χ2v) is 6.13. The monoisotopic (exact) mass is 354 g/mol. The van der Waals surface area contributed by atoms with E-state index in [0.29, 0.717) is 5.56 Å². The van der Waals surface area contributed by atoms with E-state index in [0.717, 1.165) is 30.2 Å². The van der Waals surface area contributed by atoms with Crippen molar-refractivity contribution in [2.45, 2.75) is 37.8 Å². The molecule has 1 saturated carbocycles. The molecule has 3 N–H and O–H groups in total. The quantitative estimate of drug-likeness (QED) is 0.768. The van der Waals surface area contributed by atoms with Gasteiger partial charge in [-0.25, -0.2) is 0 Å². The Kier molecular flexibility index (Phi) is 5.76. The summed E-state index contributed by atoms with van der Waals surface area (Å²) < 4.78 is 0.892. The Bertz CT molecular complexity index is 504. The van der Waals surface area contributed by atoms with Crippen LogP contribution in [0.2, 0.25) is 0 Å². The smallest absolute Gasteiger partial charge is 0.251 e. The molecule has 1 aromatic carbocycles. The van der Waals surface area contributed by atoms with Crippen molar-refractivity contribution in [3.05, 3.63) is 34.3 Å². The van der Waals surface area contributed by atoms with Crippen molar-refractivity contribution in [2.24, 2.45) is 0 Å². The molecule has 2 amide bonds. The van der Waals surface area contributed by atoms with Crippen molar-refractivity contribution < 1.29 is 14.7 Å². The van der Waals surface area contributed by atoms with Crippen LogP contribution in [-0.2, 0) is 4.79 Å². The van der Waals surface area contributed by atoms with Crippen LogP contribution in [0.1, 0.15) is 36.0 Å². The van der Waals surface area contributed by atoms with Gasteiger partial charge in [0.15, 0.2) is 0 Å². The van der Waals surface area contributed by atoms with E-state index >= 15 is 0 Å². The molecule has 0 aliphatic heterocycles. The van der Waals surface area contributed by atoms with E-state index in [-0.39, 0.29) is 24.4 Å². The van der Waals surface area contributed by atoms with Crippen LogP contribution in [0.3, 0.4) is 0 Å². The van der Waals surface area contributed by atoms with Crippen molar-refractivity contribution in [3.63, 3.8) is 0 Å². The lowest BCUT2D eigenvalue weighted by Gasteiger charge is -2.28. The van der Waals surface area contributed by atoms with Crippen LogP contribution in [0.15, 0.2) is 28.7 Å². The molecule has 2 unspecified atom stereocenters. The summed E-state index contributed by atoms with van der Waals surface area (Å²) >= 11 is 3.30. The Balaban J connectivity index is 1.78. The second-order valence-electron chi connectivity index (χ2n) is 5.22. The van der Waals surface area contributed by atoms with Gasteiger partial charge in [0.1, 0.15) is 0 Å². The number of aliphatic hydroxyl groups is 1. The fraction of sp³-hybridized carbons (Fsp3) is 0.467. The van der Waals surface area contributed by atoms with E-state index in [4.69, 9.17) is 0 Å². The van der Waals surface area contributed by atoms with Crippen LogP contribution >= 0.6 is 15.9 Å². The number of rotatable bonds is 4. The van der Waals surface area contributed by atoms with Crippen LogP contribution < -0.4 is 10.6 Å². The summed E-state index contributed by atoms with van der Waals surface area (Å²) in [6, 6.07) is 6.71. The largest absolute Gasteiger partial charge is 0.391 e. The van der Waals surface area contributed by atoms with Crippen molar-refractivity contribution >= 4 is 27.7 Å². The number of benzene rings is 1. The first-order valence-corrected chi connectivity index (χ1v) is 7.87. The Morgan fingerprint density at radius 3 is 2.52 bits per heavy atom. The lowest BCUT2D eigenvalue weighted by molar-refractivity contribution is -0.122. The zero-order valence-corrected chi connectivity index (χ0v) is 13.2. The molecule has 0 radical (unpaired) electrons. The van der Waals surface area contributed by atoms with Crippen molar-refractivity contribution in [1.82, 2.24) is 10.6 Å². The third kappa shape index (κ3) is 4.82. The molecule has 0 spiro atoms. The molecule has 6 heteroatoms. The molecule has 0 saturated heterocycles. The van der Waals surface area contributed by atoms with Gasteiger partial charge in [-0.3, -0.25) is 9.59 Å². The first-order valence-electron chi connectivity index (χ1n) is 7.07. The maximum atomic E-state index is 11.9. The van der Waals surface area contributed by atoms with Gasteiger partial charge in [-0.15, -0.1) is 0 Å². The van der Waals surface area contributed by atoms with Gasteiger partial charge < -0.3 is 15.7 Å². The lowest BCUT2D eigenvalue weighted by Crippen LogP contribution is -2.48. The molecule has 1 fully saturated rings. The van der Waals surface area contributed by atoms with Crippen molar-refractivity contribution in [2.75, 3.05) is 6.54 Å². The Labute approximate surface area is 132 Å². The summed E-state index contributed by atoms with van der Waals surface area (Å²) in [6.45, 7) is -0.0852. The Morgan fingerprint density at radius 2 is 1.86 bits per heavy atom. The fourth-order valence-corrected chi connectivity index (χ4v) is 2.67. The third-order valence-electron chi connectivity index (χ3n) is 3.59. The minimum absolute atomic E-state index is 0.0852. The van der Waals surface area contributed by atoms with Gasteiger partial charge >= 0.3 is 0 Å². The normalized spacial score (nSPS) is 21.6. The molecule has 21 heavy (non-hydrogen) atoms. The first kappa shape index (κ1) is 16.0. The molecule has 1 aromatic rings. The average Bonchev–Trinajstić information content (AvgIpc) is 2.48. The van der Waals surface area contributed by atoms with Crippen molar-refractivity contribution in [1.29, 1.82) is 0 Å². The molecule has 114 valence electrons. The first-order chi connectivity index (χ1) is 10.1. The third-order valence-corrected chi connectivity index (χ3v) is 4.12. The number of nitrogens with one attached hydrogen (secondary N) is 2. The van der Waals surface area contributed by atoms with E-state index in [2.05, 4.69) is 26.6 Å². The van der Waals surface area contributed by atoms with Crippen LogP contribution in [0, 0.1) is 0 Å². The van der Waals surface area contributed by atoms with Gasteiger partial charge in [0, 0.05) is 10.0 Å². The highest BCUT2D eigenvalue weighted by Gasteiger charge is 2.24. The Hall–Kier alpha value is -1.40. The van der Waals surface area contributed by atoms with Crippen LogP contribution in [0.4, 0.5) is 0 Å². The van der Waals surface area contributed by atoms with E-state index in [1.165, 1.54) is 0 Å².